The number of likely N-dealkylation sites (tertiary alicyclic amines) is 1. The predicted molar refractivity (Wildman–Crippen MR) is 81.5 cm³/mol. The Bertz CT molecular complexity index is 411. The zero-order valence-electron chi connectivity index (χ0n) is 12.9. The molecule has 1 aromatic carbocycles. The van der Waals surface area contributed by atoms with Gasteiger partial charge in [0.1, 0.15) is 0 Å². The van der Waals surface area contributed by atoms with Gasteiger partial charge in [0.25, 0.3) is 0 Å². The Kier molecular flexibility index (Phi) is 5.34. The molecular formula is C15H25NO3Si. The molecule has 0 aliphatic carbocycles. The van der Waals surface area contributed by atoms with Crippen LogP contribution in [0.3, 0.4) is 0 Å². The summed E-state index contributed by atoms with van der Waals surface area (Å²) in [6, 6.07) is 10.1. The molecule has 0 saturated carbocycles. The lowest BCUT2D eigenvalue weighted by atomic mass is 10.0. The summed E-state index contributed by atoms with van der Waals surface area (Å²) < 4.78 is 16.4. The van der Waals surface area contributed by atoms with Crippen LogP contribution in [0, 0.1) is 0 Å². The van der Waals surface area contributed by atoms with E-state index in [1.165, 1.54) is 30.5 Å². The van der Waals surface area contributed by atoms with Gasteiger partial charge in [-0.25, -0.2) is 0 Å². The SMILES string of the molecule is CO[Si](Cc1ccc(C2CCCN2C)cc1)(OC)OC. The molecule has 1 saturated heterocycles. The molecule has 0 bridgehead atoms. The van der Waals surface area contributed by atoms with E-state index in [0.717, 1.165) is 0 Å². The second-order valence-electron chi connectivity index (χ2n) is 5.35. The van der Waals surface area contributed by atoms with Crippen LogP contribution in [0.1, 0.15) is 30.0 Å². The van der Waals surface area contributed by atoms with Gasteiger partial charge in [-0.2, -0.15) is 0 Å². The van der Waals surface area contributed by atoms with Crippen molar-refractivity contribution in [2.24, 2.45) is 0 Å². The lowest BCUT2D eigenvalue weighted by molar-refractivity contribution is 0.122. The molecule has 0 amide bonds. The van der Waals surface area contributed by atoms with Crippen molar-refractivity contribution in [3.63, 3.8) is 0 Å². The van der Waals surface area contributed by atoms with E-state index in [-0.39, 0.29) is 0 Å². The molecule has 1 aliphatic rings. The fourth-order valence-corrected chi connectivity index (χ4v) is 4.57. The number of hydrogen-bond acceptors (Lipinski definition) is 4. The van der Waals surface area contributed by atoms with Crippen molar-refractivity contribution in [3.05, 3.63) is 35.4 Å². The van der Waals surface area contributed by atoms with E-state index in [0.29, 0.717) is 12.1 Å². The third-order valence-electron chi connectivity index (χ3n) is 4.24. The molecule has 1 heterocycles. The van der Waals surface area contributed by atoms with E-state index in [1.807, 2.05) is 0 Å². The zero-order valence-corrected chi connectivity index (χ0v) is 13.9. The Hall–Kier alpha value is -0.723. The first kappa shape index (κ1) is 15.7. The van der Waals surface area contributed by atoms with E-state index < -0.39 is 8.80 Å². The maximum atomic E-state index is 5.47. The van der Waals surface area contributed by atoms with Gasteiger partial charge in [-0.1, -0.05) is 24.3 Å². The third kappa shape index (κ3) is 3.29. The molecule has 0 radical (unpaired) electrons. The van der Waals surface area contributed by atoms with Gasteiger partial charge in [-0.05, 0) is 37.6 Å². The molecule has 1 aromatic rings. The largest absolute Gasteiger partial charge is 0.504 e. The average Bonchev–Trinajstić information content (AvgIpc) is 2.92. The number of benzene rings is 1. The third-order valence-corrected chi connectivity index (χ3v) is 6.95. The summed E-state index contributed by atoms with van der Waals surface area (Å²) in [4.78, 5) is 2.42. The Morgan fingerprint density at radius 3 is 2.15 bits per heavy atom. The second-order valence-corrected chi connectivity index (χ2v) is 8.30. The van der Waals surface area contributed by atoms with E-state index in [1.54, 1.807) is 21.3 Å². The van der Waals surface area contributed by atoms with E-state index in [2.05, 4.69) is 36.2 Å². The van der Waals surface area contributed by atoms with Gasteiger partial charge in [0.2, 0.25) is 0 Å². The molecular weight excluding hydrogens is 270 g/mol. The minimum atomic E-state index is -2.53. The van der Waals surface area contributed by atoms with Crippen molar-refractivity contribution < 1.29 is 13.3 Å². The van der Waals surface area contributed by atoms with Gasteiger partial charge in [-0.15, -0.1) is 0 Å². The minimum absolute atomic E-state index is 0.568. The van der Waals surface area contributed by atoms with Crippen LogP contribution < -0.4 is 0 Å². The highest BCUT2D eigenvalue weighted by molar-refractivity contribution is 6.60. The smallest absolute Gasteiger partial charge is 0.377 e. The van der Waals surface area contributed by atoms with Crippen LogP contribution in [-0.2, 0) is 19.3 Å². The molecule has 0 spiro atoms. The maximum absolute atomic E-state index is 5.47. The summed E-state index contributed by atoms with van der Waals surface area (Å²) in [5.74, 6) is 0. The number of hydrogen-bond donors (Lipinski definition) is 0. The molecule has 1 atom stereocenters. The Morgan fingerprint density at radius 1 is 1.10 bits per heavy atom. The van der Waals surface area contributed by atoms with Crippen LogP contribution in [0.5, 0.6) is 0 Å². The van der Waals surface area contributed by atoms with Crippen molar-refractivity contribution in [3.8, 4) is 0 Å². The molecule has 20 heavy (non-hydrogen) atoms. The molecule has 2 rings (SSSR count). The first-order chi connectivity index (χ1) is 9.64. The van der Waals surface area contributed by atoms with E-state index in [9.17, 15) is 0 Å². The quantitative estimate of drug-likeness (QED) is 0.754. The van der Waals surface area contributed by atoms with E-state index in [4.69, 9.17) is 13.3 Å². The van der Waals surface area contributed by atoms with Crippen LogP contribution >= 0.6 is 0 Å². The van der Waals surface area contributed by atoms with Gasteiger partial charge in [0, 0.05) is 33.4 Å². The molecule has 5 heteroatoms. The first-order valence-corrected chi connectivity index (χ1v) is 9.02. The molecule has 1 aliphatic heterocycles. The van der Waals surface area contributed by atoms with Gasteiger partial charge < -0.3 is 13.3 Å². The van der Waals surface area contributed by atoms with Crippen molar-refractivity contribution >= 4 is 8.80 Å². The standard InChI is InChI=1S/C15H25NO3Si/c1-16-11-5-6-15(16)14-9-7-13(8-10-14)12-20(17-2,18-3)19-4/h7-10,15H,5-6,11-12H2,1-4H3. The first-order valence-electron chi connectivity index (χ1n) is 7.08. The fourth-order valence-electron chi connectivity index (χ4n) is 2.91. The Labute approximate surface area is 123 Å². The maximum Gasteiger partial charge on any atom is 0.504 e. The molecule has 1 unspecified atom stereocenters. The highest BCUT2D eigenvalue weighted by Crippen LogP contribution is 2.30. The van der Waals surface area contributed by atoms with Gasteiger partial charge >= 0.3 is 8.80 Å². The summed E-state index contributed by atoms with van der Waals surface area (Å²) in [6.07, 6.45) is 2.54. The Morgan fingerprint density at radius 2 is 1.70 bits per heavy atom. The second kappa shape index (κ2) is 6.82. The lowest BCUT2D eigenvalue weighted by Gasteiger charge is -2.25. The summed E-state index contributed by atoms with van der Waals surface area (Å²) in [7, 11) is 4.63. The van der Waals surface area contributed by atoms with Crippen molar-refractivity contribution in [2.75, 3.05) is 34.9 Å². The minimum Gasteiger partial charge on any atom is -0.377 e. The summed E-state index contributed by atoms with van der Waals surface area (Å²) in [5, 5.41) is 0. The van der Waals surface area contributed by atoms with Crippen LogP contribution in [0.25, 0.3) is 0 Å². The summed E-state index contributed by atoms with van der Waals surface area (Å²) in [6.45, 7) is 1.19. The van der Waals surface area contributed by atoms with Crippen LogP contribution in [-0.4, -0.2) is 48.6 Å². The lowest BCUT2D eigenvalue weighted by Crippen LogP contribution is -2.45. The van der Waals surface area contributed by atoms with Crippen molar-refractivity contribution in [1.82, 2.24) is 4.90 Å². The van der Waals surface area contributed by atoms with Gasteiger partial charge in [0.15, 0.2) is 0 Å². The van der Waals surface area contributed by atoms with E-state index >= 15 is 0 Å². The fraction of sp³-hybridized carbons (Fsp3) is 0.600. The van der Waals surface area contributed by atoms with Crippen LogP contribution in [0.15, 0.2) is 24.3 Å². The summed E-state index contributed by atoms with van der Waals surface area (Å²) >= 11 is 0. The zero-order chi connectivity index (χ0) is 14.6. The van der Waals surface area contributed by atoms with Crippen molar-refractivity contribution in [1.29, 1.82) is 0 Å². The van der Waals surface area contributed by atoms with Crippen molar-refractivity contribution in [2.45, 2.75) is 24.9 Å². The average molecular weight is 295 g/mol. The molecule has 4 nitrogen and oxygen atoms in total. The van der Waals surface area contributed by atoms with Crippen LogP contribution in [0.4, 0.5) is 0 Å². The molecule has 0 N–H and O–H groups in total. The monoisotopic (exact) mass is 295 g/mol. The van der Waals surface area contributed by atoms with Gasteiger partial charge in [0.05, 0.1) is 0 Å². The van der Waals surface area contributed by atoms with Gasteiger partial charge in [-0.3, -0.25) is 4.90 Å². The molecule has 1 fully saturated rings. The molecule has 112 valence electrons. The Balaban J connectivity index is 2.08. The predicted octanol–water partition coefficient (Wildman–Crippen LogP) is 2.41. The topological polar surface area (TPSA) is 30.9 Å². The van der Waals surface area contributed by atoms with Crippen LogP contribution in [0.2, 0.25) is 0 Å². The highest BCUT2D eigenvalue weighted by Gasteiger charge is 2.38. The number of rotatable bonds is 6. The number of nitrogens with zero attached hydrogens (tertiary/aromatic N) is 1. The molecule has 0 aromatic heterocycles. The normalized spacial score (nSPS) is 20.5. The highest BCUT2D eigenvalue weighted by atomic mass is 28.4. The summed E-state index contributed by atoms with van der Waals surface area (Å²) in [5.41, 5.74) is 2.60.